The van der Waals surface area contributed by atoms with Gasteiger partial charge in [-0.2, -0.15) is 5.26 Å². The number of halogens is 3. The van der Waals surface area contributed by atoms with Crippen molar-refractivity contribution in [2.24, 2.45) is 0 Å². The first-order chi connectivity index (χ1) is 11.0. The molecule has 2 rings (SSSR count). The Balaban J connectivity index is 2.16. The van der Waals surface area contributed by atoms with Gasteiger partial charge in [-0.05, 0) is 24.3 Å². The van der Waals surface area contributed by atoms with Gasteiger partial charge in [0.2, 0.25) is 0 Å². The molecule has 1 heterocycles. The van der Waals surface area contributed by atoms with Crippen molar-refractivity contribution in [3.8, 4) is 6.07 Å². The van der Waals surface area contributed by atoms with E-state index < -0.39 is 5.91 Å². The van der Waals surface area contributed by atoms with Crippen LogP contribution in [0.3, 0.4) is 0 Å². The van der Waals surface area contributed by atoms with Crippen LogP contribution in [0.1, 0.15) is 0 Å². The van der Waals surface area contributed by atoms with Crippen LogP contribution in [0.2, 0.25) is 15.2 Å². The number of nitriles is 1. The Kier molecular flexibility index (Phi) is 5.83. The number of amides is 1. The molecule has 0 atom stereocenters. The van der Waals surface area contributed by atoms with Gasteiger partial charge in [-0.15, -0.1) is 0 Å². The number of nitrogens with one attached hydrogen (secondary N) is 2. The van der Waals surface area contributed by atoms with E-state index in [2.05, 4.69) is 15.6 Å². The SMILES string of the molecule is N#C/C(=C/Nc1cccnc1Cl)C(=O)Nc1cccc(Cl)c1Cl. The van der Waals surface area contributed by atoms with Gasteiger partial charge in [0.1, 0.15) is 11.6 Å². The zero-order valence-corrected chi connectivity index (χ0v) is 13.7. The van der Waals surface area contributed by atoms with Gasteiger partial charge >= 0.3 is 0 Å². The third-order valence-electron chi connectivity index (χ3n) is 2.70. The van der Waals surface area contributed by atoms with Crippen LogP contribution in [0.25, 0.3) is 0 Å². The molecule has 0 unspecified atom stereocenters. The molecule has 0 aliphatic heterocycles. The number of benzene rings is 1. The van der Waals surface area contributed by atoms with Gasteiger partial charge in [-0.3, -0.25) is 4.79 Å². The first-order valence-corrected chi connectivity index (χ1v) is 7.39. The van der Waals surface area contributed by atoms with Crippen LogP contribution < -0.4 is 10.6 Å². The van der Waals surface area contributed by atoms with Crippen molar-refractivity contribution in [1.29, 1.82) is 5.26 Å². The number of carbonyl (C=O) groups excluding carboxylic acids is 1. The van der Waals surface area contributed by atoms with Crippen molar-refractivity contribution in [1.82, 2.24) is 4.98 Å². The van der Waals surface area contributed by atoms with E-state index in [9.17, 15) is 4.79 Å². The molecule has 1 amide bonds. The number of nitrogens with zero attached hydrogens (tertiary/aromatic N) is 2. The van der Waals surface area contributed by atoms with Crippen LogP contribution in [0.15, 0.2) is 48.3 Å². The molecule has 2 aromatic rings. The maximum Gasteiger partial charge on any atom is 0.267 e. The second-order valence-electron chi connectivity index (χ2n) is 4.21. The summed E-state index contributed by atoms with van der Waals surface area (Å²) in [4.78, 5) is 16.0. The number of hydrogen-bond acceptors (Lipinski definition) is 4. The quantitative estimate of drug-likeness (QED) is 0.474. The van der Waals surface area contributed by atoms with E-state index in [4.69, 9.17) is 40.1 Å². The summed E-state index contributed by atoms with van der Waals surface area (Å²) in [6.07, 6.45) is 2.76. The number of pyridine rings is 1. The minimum absolute atomic E-state index is 0.166. The Morgan fingerprint density at radius 1 is 1.17 bits per heavy atom. The highest BCUT2D eigenvalue weighted by molar-refractivity contribution is 6.44. The Hall–Kier alpha value is -2.26. The molecule has 0 aliphatic rings. The second kappa shape index (κ2) is 7.84. The first kappa shape index (κ1) is 17.1. The van der Waals surface area contributed by atoms with Gasteiger partial charge in [0.15, 0.2) is 5.15 Å². The largest absolute Gasteiger partial charge is 0.358 e. The lowest BCUT2D eigenvalue weighted by Crippen LogP contribution is -2.15. The smallest absolute Gasteiger partial charge is 0.267 e. The van der Waals surface area contributed by atoms with Crippen LogP contribution in [0, 0.1) is 11.3 Å². The van der Waals surface area contributed by atoms with E-state index in [0.29, 0.717) is 16.4 Å². The molecule has 1 aromatic carbocycles. The number of carbonyl (C=O) groups is 1. The summed E-state index contributed by atoms with van der Waals surface area (Å²) in [5.74, 6) is -0.635. The van der Waals surface area contributed by atoms with Gasteiger partial charge in [0.05, 0.1) is 21.4 Å². The van der Waals surface area contributed by atoms with Crippen molar-refractivity contribution >= 4 is 52.1 Å². The standard InChI is InChI=1S/C15H9Cl3N4O/c16-10-3-1-4-11(13(10)17)22-15(23)9(7-19)8-21-12-5-2-6-20-14(12)18/h1-6,8,21H,(H,22,23)/b9-8-. The molecular weight excluding hydrogens is 359 g/mol. The molecule has 0 aliphatic carbocycles. The van der Waals surface area contributed by atoms with Crippen LogP contribution in [-0.4, -0.2) is 10.9 Å². The minimum atomic E-state index is -0.635. The lowest BCUT2D eigenvalue weighted by Gasteiger charge is -2.08. The van der Waals surface area contributed by atoms with E-state index in [0.717, 1.165) is 0 Å². The average molecular weight is 368 g/mol. The maximum absolute atomic E-state index is 12.1. The normalized spacial score (nSPS) is 10.8. The van der Waals surface area contributed by atoms with Gasteiger partial charge in [0, 0.05) is 12.4 Å². The fraction of sp³-hybridized carbons (Fsp3) is 0. The lowest BCUT2D eigenvalue weighted by molar-refractivity contribution is -0.112. The van der Waals surface area contributed by atoms with E-state index >= 15 is 0 Å². The lowest BCUT2D eigenvalue weighted by atomic mass is 10.2. The Bertz CT molecular complexity index is 815. The molecule has 0 fully saturated rings. The summed E-state index contributed by atoms with van der Waals surface area (Å²) in [5.41, 5.74) is 0.612. The molecule has 8 heteroatoms. The van der Waals surface area contributed by atoms with Crippen LogP contribution >= 0.6 is 34.8 Å². The zero-order chi connectivity index (χ0) is 16.8. The molecule has 0 spiro atoms. The number of rotatable bonds is 4. The summed E-state index contributed by atoms with van der Waals surface area (Å²) in [6, 6.07) is 9.92. The summed E-state index contributed by atoms with van der Waals surface area (Å²) >= 11 is 17.7. The van der Waals surface area contributed by atoms with E-state index in [-0.39, 0.29) is 15.7 Å². The van der Waals surface area contributed by atoms with E-state index in [1.165, 1.54) is 12.4 Å². The summed E-state index contributed by atoms with van der Waals surface area (Å²) < 4.78 is 0. The number of anilines is 2. The first-order valence-electron chi connectivity index (χ1n) is 6.25. The Morgan fingerprint density at radius 2 is 1.91 bits per heavy atom. The number of hydrogen-bond donors (Lipinski definition) is 2. The summed E-state index contributed by atoms with van der Waals surface area (Å²) in [5, 5.41) is 15.1. The summed E-state index contributed by atoms with van der Waals surface area (Å²) in [7, 11) is 0. The Morgan fingerprint density at radius 3 is 2.61 bits per heavy atom. The fourth-order valence-corrected chi connectivity index (χ4v) is 2.10. The molecule has 5 nitrogen and oxygen atoms in total. The highest BCUT2D eigenvalue weighted by Gasteiger charge is 2.12. The molecule has 2 N–H and O–H groups in total. The van der Waals surface area contributed by atoms with Crippen molar-refractivity contribution in [3.63, 3.8) is 0 Å². The van der Waals surface area contributed by atoms with Crippen molar-refractivity contribution in [2.45, 2.75) is 0 Å². The molecule has 1 aromatic heterocycles. The molecule has 0 bridgehead atoms. The monoisotopic (exact) mass is 366 g/mol. The van der Waals surface area contributed by atoms with E-state index in [1.54, 1.807) is 36.4 Å². The maximum atomic E-state index is 12.1. The molecule has 0 saturated heterocycles. The fourth-order valence-electron chi connectivity index (χ4n) is 1.58. The molecular formula is C15H9Cl3N4O. The molecule has 23 heavy (non-hydrogen) atoms. The highest BCUT2D eigenvalue weighted by Crippen LogP contribution is 2.29. The van der Waals surface area contributed by atoms with E-state index in [1.807, 2.05) is 0 Å². The zero-order valence-electron chi connectivity index (χ0n) is 11.5. The van der Waals surface area contributed by atoms with Gasteiger partial charge in [-0.25, -0.2) is 4.98 Å². The van der Waals surface area contributed by atoms with Gasteiger partial charge < -0.3 is 10.6 Å². The van der Waals surface area contributed by atoms with Crippen molar-refractivity contribution in [2.75, 3.05) is 10.6 Å². The Labute approximate surface area is 147 Å². The second-order valence-corrected chi connectivity index (χ2v) is 5.35. The third kappa shape index (κ3) is 4.36. The van der Waals surface area contributed by atoms with Crippen molar-refractivity contribution < 1.29 is 4.79 Å². The van der Waals surface area contributed by atoms with Gasteiger partial charge in [-0.1, -0.05) is 40.9 Å². The minimum Gasteiger partial charge on any atom is -0.358 e. The molecule has 0 saturated carbocycles. The van der Waals surface area contributed by atoms with Crippen LogP contribution in [-0.2, 0) is 4.79 Å². The number of aromatic nitrogens is 1. The van der Waals surface area contributed by atoms with Gasteiger partial charge in [0.25, 0.3) is 5.91 Å². The van der Waals surface area contributed by atoms with Crippen LogP contribution in [0.4, 0.5) is 11.4 Å². The molecule has 116 valence electrons. The average Bonchev–Trinajstić information content (AvgIpc) is 2.54. The topological polar surface area (TPSA) is 77.8 Å². The van der Waals surface area contributed by atoms with Crippen LogP contribution in [0.5, 0.6) is 0 Å². The molecule has 0 radical (unpaired) electrons. The predicted molar refractivity (Wildman–Crippen MR) is 91.7 cm³/mol. The third-order valence-corrected chi connectivity index (χ3v) is 3.82. The van der Waals surface area contributed by atoms with Crippen molar-refractivity contribution in [3.05, 3.63) is 63.5 Å². The highest BCUT2D eigenvalue weighted by atomic mass is 35.5. The summed E-state index contributed by atoms with van der Waals surface area (Å²) in [6.45, 7) is 0. The predicted octanol–water partition coefficient (Wildman–Crippen LogP) is 4.50.